The van der Waals surface area contributed by atoms with E-state index >= 15 is 0 Å². The van der Waals surface area contributed by atoms with Crippen LogP contribution in [0.1, 0.15) is 32.3 Å². The van der Waals surface area contributed by atoms with E-state index < -0.39 is 0 Å². The molecule has 1 rings (SSSR count). The quantitative estimate of drug-likeness (QED) is 0.592. The molecule has 0 saturated heterocycles. The zero-order valence-electron chi connectivity index (χ0n) is 9.48. The van der Waals surface area contributed by atoms with Gasteiger partial charge in [-0.15, -0.1) is 0 Å². The topological polar surface area (TPSA) is 51.3 Å². The van der Waals surface area contributed by atoms with Crippen LogP contribution in [0.15, 0.2) is 29.5 Å². The number of hydrogen-bond acceptors (Lipinski definition) is 2. The SMILES string of the molecule is CC(C)CCC(N)=NCc1cccnc1. The van der Waals surface area contributed by atoms with Gasteiger partial charge in [-0.25, -0.2) is 0 Å². The normalized spacial score (nSPS) is 12.1. The Hall–Kier alpha value is -1.38. The molecule has 0 saturated carbocycles. The van der Waals surface area contributed by atoms with Gasteiger partial charge in [0.05, 0.1) is 12.4 Å². The fourth-order valence-electron chi connectivity index (χ4n) is 1.20. The van der Waals surface area contributed by atoms with Crippen LogP contribution in [0, 0.1) is 5.92 Å². The number of amidine groups is 1. The third-order valence-electron chi connectivity index (χ3n) is 2.17. The van der Waals surface area contributed by atoms with Crippen molar-refractivity contribution in [3.8, 4) is 0 Å². The summed E-state index contributed by atoms with van der Waals surface area (Å²) in [6.45, 7) is 5.01. The summed E-state index contributed by atoms with van der Waals surface area (Å²) in [6.07, 6.45) is 5.56. The first-order valence-electron chi connectivity index (χ1n) is 5.36. The summed E-state index contributed by atoms with van der Waals surface area (Å²) in [5.74, 6) is 1.42. The Kier molecular flexibility index (Phi) is 4.81. The maximum atomic E-state index is 5.80. The van der Waals surface area contributed by atoms with Crippen LogP contribution in [0.2, 0.25) is 0 Å². The van der Waals surface area contributed by atoms with E-state index in [4.69, 9.17) is 5.73 Å². The highest BCUT2D eigenvalue weighted by molar-refractivity contribution is 5.80. The summed E-state index contributed by atoms with van der Waals surface area (Å²) in [5.41, 5.74) is 6.90. The molecule has 0 aliphatic rings. The van der Waals surface area contributed by atoms with Gasteiger partial charge in [0.25, 0.3) is 0 Å². The summed E-state index contributed by atoms with van der Waals surface area (Å²) < 4.78 is 0. The zero-order valence-corrected chi connectivity index (χ0v) is 9.48. The van der Waals surface area contributed by atoms with Crippen LogP contribution < -0.4 is 5.73 Å². The molecule has 3 heteroatoms. The van der Waals surface area contributed by atoms with Crippen LogP contribution in [0.4, 0.5) is 0 Å². The van der Waals surface area contributed by atoms with Gasteiger partial charge in [0.2, 0.25) is 0 Å². The summed E-state index contributed by atoms with van der Waals surface area (Å²) in [5, 5.41) is 0. The van der Waals surface area contributed by atoms with Crippen molar-refractivity contribution in [2.45, 2.75) is 33.2 Å². The lowest BCUT2D eigenvalue weighted by molar-refractivity contribution is 0.601. The predicted molar refractivity (Wildman–Crippen MR) is 63.6 cm³/mol. The van der Waals surface area contributed by atoms with Crippen molar-refractivity contribution in [3.63, 3.8) is 0 Å². The predicted octanol–water partition coefficient (Wildman–Crippen LogP) is 2.38. The van der Waals surface area contributed by atoms with Crippen molar-refractivity contribution in [2.24, 2.45) is 16.6 Å². The molecule has 15 heavy (non-hydrogen) atoms. The minimum atomic E-state index is 0.637. The lowest BCUT2D eigenvalue weighted by atomic mass is 10.1. The van der Waals surface area contributed by atoms with Gasteiger partial charge in [-0.3, -0.25) is 9.98 Å². The lowest BCUT2D eigenvalue weighted by Crippen LogP contribution is -2.12. The van der Waals surface area contributed by atoms with E-state index in [1.165, 1.54) is 0 Å². The number of nitrogens with zero attached hydrogens (tertiary/aromatic N) is 2. The Morgan fingerprint density at radius 1 is 1.53 bits per heavy atom. The first-order valence-corrected chi connectivity index (χ1v) is 5.36. The van der Waals surface area contributed by atoms with Gasteiger partial charge in [0.15, 0.2) is 0 Å². The third kappa shape index (κ3) is 5.15. The zero-order chi connectivity index (χ0) is 11.1. The second kappa shape index (κ2) is 6.17. The molecular weight excluding hydrogens is 186 g/mol. The molecule has 0 radical (unpaired) electrons. The summed E-state index contributed by atoms with van der Waals surface area (Å²) in [7, 11) is 0. The first kappa shape index (κ1) is 11.7. The van der Waals surface area contributed by atoms with E-state index in [9.17, 15) is 0 Å². The van der Waals surface area contributed by atoms with Crippen LogP contribution >= 0.6 is 0 Å². The molecule has 1 aromatic rings. The highest BCUT2D eigenvalue weighted by Gasteiger charge is 1.97. The van der Waals surface area contributed by atoms with Gasteiger partial charge < -0.3 is 5.73 Å². The molecule has 2 N–H and O–H groups in total. The second-order valence-electron chi connectivity index (χ2n) is 4.10. The van der Waals surface area contributed by atoms with Crippen molar-refractivity contribution < 1.29 is 0 Å². The van der Waals surface area contributed by atoms with E-state index in [2.05, 4.69) is 23.8 Å². The molecule has 1 aromatic heterocycles. The van der Waals surface area contributed by atoms with Gasteiger partial charge in [0, 0.05) is 18.8 Å². The van der Waals surface area contributed by atoms with Crippen molar-refractivity contribution >= 4 is 5.84 Å². The van der Waals surface area contributed by atoms with Crippen LogP contribution in [0.3, 0.4) is 0 Å². The first-order chi connectivity index (χ1) is 7.18. The largest absolute Gasteiger partial charge is 0.387 e. The lowest BCUT2D eigenvalue weighted by Gasteiger charge is -2.03. The Bertz CT molecular complexity index is 304. The van der Waals surface area contributed by atoms with Crippen LogP contribution in [-0.4, -0.2) is 10.8 Å². The minimum absolute atomic E-state index is 0.637. The monoisotopic (exact) mass is 205 g/mol. The van der Waals surface area contributed by atoms with Crippen molar-refractivity contribution in [2.75, 3.05) is 0 Å². The molecule has 0 atom stereocenters. The molecular formula is C12H19N3. The van der Waals surface area contributed by atoms with Gasteiger partial charge >= 0.3 is 0 Å². The second-order valence-corrected chi connectivity index (χ2v) is 4.10. The molecule has 0 bridgehead atoms. The third-order valence-corrected chi connectivity index (χ3v) is 2.17. The Morgan fingerprint density at radius 3 is 2.93 bits per heavy atom. The Morgan fingerprint density at radius 2 is 2.33 bits per heavy atom. The average Bonchev–Trinajstić information content (AvgIpc) is 2.25. The van der Waals surface area contributed by atoms with Crippen molar-refractivity contribution in [1.29, 1.82) is 0 Å². The maximum absolute atomic E-state index is 5.80. The number of aliphatic imine (C=N–C) groups is 1. The highest BCUT2D eigenvalue weighted by atomic mass is 14.8. The van der Waals surface area contributed by atoms with E-state index in [1.54, 1.807) is 6.20 Å². The van der Waals surface area contributed by atoms with Gasteiger partial charge in [-0.2, -0.15) is 0 Å². The van der Waals surface area contributed by atoms with E-state index in [0.717, 1.165) is 24.2 Å². The number of aromatic nitrogens is 1. The molecule has 0 aliphatic carbocycles. The van der Waals surface area contributed by atoms with E-state index in [-0.39, 0.29) is 0 Å². The van der Waals surface area contributed by atoms with Gasteiger partial charge in [-0.05, 0) is 24.0 Å². The summed E-state index contributed by atoms with van der Waals surface area (Å²) >= 11 is 0. The number of hydrogen-bond donors (Lipinski definition) is 1. The Balaban J connectivity index is 2.37. The molecule has 3 nitrogen and oxygen atoms in total. The van der Waals surface area contributed by atoms with E-state index in [1.807, 2.05) is 18.3 Å². The molecule has 0 aliphatic heterocycles. The van der Waals surface area contributed by atoms with Crippen LogP contribution in [-0.2, 0) is 6.54 Å². The van der Waals surface area contributed by atoms with Crippen molar-refractivity contribution in [1.82, 2.24) is 4.98 Å². The maximum Gasteiger partial charge on any atom is 0.0941 e. The molecule has 0 aromatic carbocycles. The Labute approximate surface area is 91.4 Å². The average molecular weight is 205 g/mol. The molecule has 0 amide bonds. The number of rotatable bonds is 5. The fraction of sp³-hybridized carbons (Fsp3) is 0.500. The molecule has 82 valence electrons. The van der Waals surface area contributed by atoms with Crippen LogP contribution in [0.5, 0.6) is 0 Å². The van der Waals surface area contributed by atoms with Gasteiger partial charge in [-0.1, -0.05) is 19.9 Å². The number of pyridine rings is 1. The summed E-state index contributed by atoms with van der Waals surface area (Å²) in [4.78, 5) is 8.35. The van der Waals surface area contributed by atoms with Crippen LogP contribution in [0.25, 0.3) is 0 Å². The minimum Gasteiger partial charge on any atom is -0.387 e. The van der Waals surface area contributed by atoms with Crippen molar-refractivity contribution in [3.05, 3.63) is 30.1 Å². The molecule has 0 spiro atoms. The smallest absolute Gasteiger partial charge is 0.0941 e. The molecule has 1 heterocycles. The van der Waals surface area contributed by atoms with Gasteiger partial charge in [0.1, 0.15) is 0 Å². The molecule has 0 fully saturated rings. The van der Waals surface area contributed by atoms with E-state index in [0.29, 0.717) is 12.5 Å². The standard InChI is InChI=1S/C12H19N3/c1-10(2)5-6-12(13)15-9-11-4-3-7-14-8-11/h3-4,7-8,10H,5-6,9H2,1-2H3,(H2,13,15). The highest BCUT2D eigenvalue weighted by Crippen LogP contribution is 2.04. The number of nitrogens with two attached hydrogens (primary N) is 1. The fourth-order valence-corrected chi connectivity index (χ4v) is 1.20. The summed E-state index contributed by atoms with van der Waals surface area (Å²) in [6, 6.07) is 3.92. The molecule has 0 unspecified atom stereocenters.